The summed E-state index contributed by atoms with van der Waals surface area (Å²) in [6, 6.07) is 18.8. The monoisotopic (exact) mass is 468 g/mol. The molecule has 0 saturated heterocycles. The van der Waals surface area contributed by atoms with Gasteiger partial charge in [-0.3, -0.25) is 14.4 Å². The topological polar surface area (TPSA) is 66.5 Å². The maximum atomic E-state index is 12.6. The van der Waals surface area contributed by atoms with Gasteiger partial charge in [0.2, 0.25) is 5.91 Å². The minimum Gasteiger partial charge on any atom is -0.326 e. The van der Waals surface area contributed by atoms with Gasteiger partial charge in [-0.05, 0) is 48.0 Å². The van der Waals surface area contributed by atoms with E-state index < -0.39 is 11.8 Å². The van der Waals surface area contributed by atoms with Gasteiger partial charge in [-0.2, -0.15) is 0 Å². The van der Waals surface area contributed by atoms with E-state index in [1.54, 1.807) is 36.4 Å². The van der Waals surface area contributed by atoms with Crippen LogP contribution < -0.4 is 10.2 Å². The Morgan fingerprint density at radius 1 is 0.931 bits per heavy atom. The predicted molar refractivity (Wildman–Crippen MR) is 116 cm³/mol. The van der Waals surface area contributed by atoms with Crippen LogP contribution in [0.1, 0.15) is 26.3 Å². The van der Waals surface area contributed by atoms with Crippen molar-refractivity contribution in [1.82, 2.24) is 0 Å². The zero-order valence-electron chi connectivity index (χ0n) is 15.0. The number of fused-ring (bicyclic) bond motifs is 1. The third kappa shape index (κ3) is 3.81. The zero-order valence-corrected chi connectivity index (χ0v) is 17.3. The Bertz CT molecular complexity index is 1110. The van der Waals surface area contributed by atoms with E-state index in [0.717, 1.165) is 14.9 Å². The summed E-state index contributed by atoms with van der Waals surface area (Å²) in [5, 5.41) is 2.98. The summed E-state index contributed by atoms with van der Waals surface area (Å²) in [6.45, 7) is 0. The number of halogens is 2. The number of hydrogen-bond acceptors (Lipinski definition) is 3. The van der Waals surface area contributed by atoms with Gasteiger partial charge in [0.15, 0.2) is 0 Å². The van der Waals surface area contributed by atoms with Gasteiger partial charge in [-0.1, -0.05) is 51.8 Å². The quantitative estimate of drug-likeness (QED) is 0.542. The van der Waals surface area contributed by atoms with Gasteiger partial charge in [0, 0.05) is 10.2 Å². The minimum absolute atomic E-state index is 0.195. The number of amides is 3. The van der Waals surface area contributed by atoms with Crippen molar-refractivity contribution in [3.8, 4) is 0 Å². The van der Waals surface area contributed by atoms with E-state index >= 15 is 0 Å². The second-order valence-electron chi connectivity index (χ2n) is 6.51. The molecule has 0 spiro atoms. The predicted octanol–water partition coefficient (Wildman–Crippen LogP) is 5.08. The lowest BCUT2D eigenvalue weighted by atomic mass is 10.1. The molecule has 1 N–H and O–H groups in total. The van der Waals surface area contributed by atoms with Crippen LogP contribution in [0.4, 0.5) is 11.4 Å². The van der Waals surface area contributed by atoms with Crippen molar-refractivity contribution < 1.29 is 14.4 Å². The molecule has 3 aromatic rings. The van der Waals surface area contributed by atoms with E-state index in [-0.39, 0.29) is 23.0 Å². The van der Waals surface area contributed by atoms with E-state index in [0.29, 0.717) is 16.8 Å². The van der Waals surface area contributed by atoms with Crippen molar-refractivity contribution in [2.75, 3.05) is 10.2 Å². The van der Waals surface area contributed by atoms with Crippen molar-refractivity contribution in [3.05, 3.63) is 92.9 Å². The van der Waals surface area contributed by atoms with Crippen molar-refractivity contribution in [2.24, 2.45) is 0 Å². The number of hydrogen-bond donors (Lipinski definition) is 1. The van der Waals surface area contributed by atoms with Crippen LogP contribution in [0.5, 0.6) is 0 Å². The molecule has 7 heteroatoms. The Labute approximate surface area is 180 Å². The first-order valence-corrected chi connectivity index (χ1v) is 9.93. The lowest BCUT2D eigenvalue weighted by Gasteiger charge is -2.16. The number of imide groups is 1. The Morgan fingerprint density at radius 2 is 1.55 bits per heavy atom. The molecule has 1 aliphatic heterocycles. The van der Waals surface area contributed by atoms with Crippen LogP contribution in [0.15, 0.2) is 71.2 Å². The van der Waals surface area contributed by atoms with E-state index in [2.05, 4.69) is 21.2 Å². The molecule has 3 aromatic carbocycles. The maximum absolute atomic E-state index is 12.6. The summed E-state index contributed by atoms with van der Waals surface area (Å²) in [6.07, 6.45) is 0.213. The Morgan fingerprint density at radius 3 is 2.14 bits per heavy atom. The highest BCUT2D eigenvalue weighted by Gasteiger charge is 2.37. The highest BCUT2D eigenvalue weighted by Crippen LogP contribution is 2.34. The van der Waals surface area contributed by atoms with Gasteiger partial charge < -0.3 is 5.32 Å². The lowest BCUT2D eigenvalue weighted by Crippen LogP contribution is -2.29. The van der Waals surface area contributed by atoms with E-state index in [1.165, 1.54) is 6.07 Å². The largest absolute Gasteiger partial charge is 0.326 e. The standard InChI is InChI=1S/C22H14BrClN2O3/c23-14-7-5-13(6-8-14)11-20(27)25-15-9-10-19(18(24)12-15)26-21(28)16-3-1-2-4-17(16)22(26)29/h1-10,12H,11H2,(H,25,27). The Hall–Kier alpha value is -2.96. The van der Waals surface area contributed by atoms with Crippen molar-refractivity contribution >= 4 is 56.6 Å². The molecule has 1 aliphatic rings. The van der Waals surface area contributed by atoms with Crippen LogP contribution >= 0.6 is 27.5 Å². The smallest absolute Gasteiger partial charge is 0.266 e. The summed E-state index contributed by atoms with van der Waals surface area (Å²) < 4.78 is 0.942. The molecular formula is C22H14BrClN2O3. The fraction of sp³-hybridized carbons (Fsp3) is 0.0455. The third-order valence-corrected chi connectivity index (χ3v) is 5.38. The molecule has 4 rings (SSSR count). The Balaban J connectivity index is 1.51. The maximum Gasteiger partial charge on any atom is 0.266 e. The van der Waals surface area contributed by atoms with E-state index in [1.807, 2.05) is 24.3 Å². The molecular weight excluding hydrogens is 456 g/mol. The molecule has 0 aromatic heterocycles. The second kappa shape index (κ2) is 7.81. The average molecular weight is 470 g/mol. The van der Waals surface area contributed by atoms with E-state index in [4.69, 9.17) is 11.6 Å². The van der Waals surface area contributed by atoms with Crippen LogP contribution in [0.3, 0.4) is 0 Å². The fourth-order valence-electron chi connectivity index (χ4n) is 3.17. The van der Waals surface area contributed by atoms with Gasteiger partial charge in [0.05, 0.1) is 28.3 Å². The molecule has 5 nitrogen and oxygen atoms in total. The first-order chi connectivity index (χ1) is 13.9. The third-order valence-electron chi connectivity index (χ3n) is 4.54. The van der Waals surface area contributed by atoms with Gasteiger partial charge in [0.1, 0.15) is 0 Å². The molecule has 0 atom stereocenters. The molecule has 0 fully saturated rings. The average Bonchev–Trinajstić information content (AvgIpc) is 2.95. The molecule has 0 aliphatic carbocycles. The van der Waals surface area contributed by atoms with E-state index in [9.17, 15) is 14.4 Å². The number of anilines is 2. The number of rotatable bonds is 4. The van der Waals surface area contributed by atoms with Gasteiger partial charge in [-0.15, -0.1) is 0 Å². The molecule has 29 heavy (non-hydrogen) atoms. The van der Waals surface area contributed by atoms with Crippen LogP contribution in [0.2, 0.25) is 5.02 Å². The summed E-state index contributed by atoms with van der Waals surface area (Å²) in [7, 11) is 0. The molecule has 1 heterocycles. The first-order valence-electron chi connectivity index (χ1n) is 8.76. The molecule has 144 valence electrons. The van der Waals surface area contributed by atoms with Crippen LogP contribution in [-0.2, 0) is 11.2 Å². The summed E-state index contributed by atoms with van der Waals surface area (Å²) in [5.74, 6) is -1.03. The lowest BCUT2D eigenvalue weighted by molar-refractivity contribution is -0.115. The van der Waals surface area contributed by atoms with Crippen molar-refractivity contribution in [2.45, 2.75) is 6.42 Å². The van der Waals surface area contributed by atoms with Crippen LogP contribution in [0, 0.1) is 0 Å². The first kappa shape index (κ1) is 19.4. The summed E-state index contributed by atoms with van der Waals surface area (Å²) in [4.78, 5) is 38.6. The van der Waals surface area contributed by atoms with Gasteiger partial charge >= 0.3 is 0 Å². The van der Waals surface area contributed by atoms with Crippen LogP contribution in [0.25, 0.3) is 0 Å². The molecule has 0 unspecified atom stereocenters. The number of carbonyl (C=O) groups excluding carboxylic acids is 3. The molecule has 0 bridgehead atoms. The van der Waals surface area contributed by atoms with Crippen LogP contribution in [-0.4, -0.2) is 17.7 Å². The van der Waals surface area contributed by atoms with Crippen molar-refractivity contribution in [1.29, 1.82) is 0 Å². The molecule has 0 radical (unpaired) electrons. The number of carbonyl (C=O) groups is 3. The summed E-state index contributed by atoms with van der Waals surface area (Å²) >= 11 is 9.70. The summed E-state index contributed by atoms with van der Waals surface area (Å²) in [5.41, 5.74) is 2.33. The highest BCUT2D eigenvalue weighted by atomic mass is 79.9. The second-order valence-corrected chi connectivity index (χ2v) is 7.83. The SMILES string of the molecule is O=C(Cc1ccc(Br)cc1)Nc1ccc(N2C(=O)c3ccccc3C2=O)c(Cl)c1. The molecule has 0 saturated carbocycles. The number of benzene rings is 3. The fourth-order valence-corrected chi connectivity index (χ4v) is 3.70. The number of nitrogens with one attached hydrogen (secondary N) is 1. The van der Waals surface area contributed by atoms with Gasteiger partial charge in [-0.25, -0.2) is 4.90 Å². The minimum atomic E-state index is -0.417. The number of nitrogens with zero attached hydrogens (tertiary/aromatic N) is 1. The zero-order chi connectivity index (χ0) is 20.5. The van der Waals surface area contributed by atoms with Crippen molar-refractivity contribution in [3.63, 3.8) is 0 Å². The Kier molecular flexibility index (Phi) is 5.22. The normalized spacial score (nSPS) is 12.8. The highest BCUT2D eigenvalue weighted by molar-refractivity contribution is 9.10. The van der Waals surface area contributed by atoms with Gasteiger partial charge in [0.25, 0.3) is 11.8 Å². The molecule has 3 amide bonds.